The van der Waals surface area contributed by atoms with Crippen molar-refractivity contribution in [3.05, 3.63) is 69.2 Å². The van der Waals surface area contributed by atoms with Crippen LogP contribution in [0.3, 0.4) is 0 Å². The van der Waals surface area contributed by atoms with Gasteiger partial charge in [-0.3, -0.25) is 19.4 Å². The van der Waals surface area contributed by atoms with Gasteiger partial charge in [-0.05, 0) is 62.6 Å². The number of rotatable bonds is 2. The lowest BCUT2D eigenvalue weighted by Gasteiger charge is -2.39. The van der Waals surface area contributed by atoms with Crippen molar-refractivity contribution in [3.63, 3.8) is 0 Å². The molecule has 0 N–H and O–H groups in total. The van der Waals surface area contributed by atoms with E-state index in [4.69, 9.17) is 4.74 Å². The third kappa shape index (κ3) is 3.74. The minimum absolute atomic E-state index is 0.0836. The Bertz CT molecular complexity index is 1010. The molecule has 0 aliphatic carbocycles. The zero-order valence-electron chi connectivity index (χ0n) is 17.1. The predicted octanol–water partition coefficient (Wildman–Crippen LogP) is 4.58. The van der Waals surface area contributed by atoms with Crippen LogP contribution in [0.1, 0.15) is 58.7 Å². The van der Waals surface area contributed by atoms with Crippen molar-refractivity contribution in [1.29, 1.82) is 0 Å². The van der Waals surface area contributed by atoms with E-state index in [0.717, 1.165) is 15.6 Å². The topological polar surface area (TPSA) is 66.9 Å². The summed E-state index contributed by atoms with van der Waals surface area (Å²) >= 11 is 3.50. The second kappa shape index (κ2) is 7.54. The van der Waals surface area contributed by atoms with Crippen LogP contribution < -0.4 is 0 Å². The maximum atomic E-state index is 13.0. The highest BCUT2D eigenvalue weighted by Crippen LogP contribution is 2.35. The first-order valence-corrected chi connectivity index (χ1v) is 10.7. The molecule has 156 valence electrons. The fourth-order valence-corrected chi connectivity index (χ4v) is 4.40. The van der Waals surface area contributed by atoms with E-state index in [1.807, 2.05) is 39.0 Å². The molecule has 7 heteroatoms. The molecule has 0 aromatic heterocycles. The quantitative estimate of drug-likeness (QED) is 0.602. The van der Waals surface area contributed by atoms with Crippen LogP contribution in [0.15, 0.2) is 46.9 Å². The fourth-order valence-electron chi connectivity index (χ4n) is 3.99. The molecule has 3 amide bonds. The lowest BCUT2D eigenvalue weighted by Crippen LogP contribution is -2.48. The highest BCUT2D eigenvalue weighted by Gasteiger charge is 2.41. The van der Waals surface area contributed by atoms with Crippen molar-refractivity contribution >= 4 is 33.8 Å². The Hall–Kier alpha value is -2.67. The second-order valence-corrected chi connectivity index (χ2v) is 9.46. The average molecular weight is 471 g/mol. The van der Waals surface area contributed by atoms with E-state index in [1.54, 1.807) is 29.2 Å². The van der Waals surface area contributed by atoms with Gasteiger partial charge in [-0.1, -0.05) is 34.1 Å². The van der Waals surface area contributed by atoms with Crippen molar-refractivity contribution in [2.45, 2.75) is 38.8 Å². The molecule has 0 saturated carbocycles. The lowest BCUT2D eigenvalue weighted by molar-refractivity contribution is 0.00987. The molecule has 0 radical (unpaired) electrons. The van der Waals surface area contributed by atoms with Gasteiger partial charge >= 0.3 is 6.09 Å². The molecule has 30 heavy (non-hydrogen) atoms. The number of ether oxygens (including phenoxy) is 1. The normalized spacial score (nSPS) is 18.3. The van der Waals surface area contributed by atoms with E-state index >= 15 is 0 Å². The molecule has 0 fully saturated rings. The summed E-state index contributed by atoms with van der Waals surface area (Å²) in [5.41, 5.74) is 2.17. The van der Waals surface area contributed by atoms with Gasteiger partial charge in [0.2, 0.25) is 0 Å². The van der Waals surface area contributed by atoms with E-state index < -0.39 is 17.7 Å². The summed E-state index contributed by atoms with van der Waals surface area (Å²) in [4.78, 5) is 41.7. The number of benzene rings is 2. The van der Waals surface area contributed by atoms with E-state index in [2.05, 4.69) is 15.9 Å². The number of halogens is 1. The van der Waals surface area contributed by atoms with Crippen molar-refractivity contribution < 1.29 is 19.1 Å². The number of fused-ring (bicyclic) bond motifs is 2. The standard InChI is InChI=1S/C23H23BrN2O4/c1-23(2,3)30-22(29)25-11-10-14-12-15(24)8-9-16(14)19(25)13-26-20(27)17-6-4-5-7-18(17)21(26)28/h4-9,12,19H,10-11,13H2,1-3H3. The molecule has 2 aromatic rings. The number of carbonyl (C=O) groups is 3. The Morgan fingerprint density at radius 3 is 2.33 bits per heavy atom. The summed E-state index contributed by atoms with van der Waals surface area (Å²) in [7, 11) is 0. The highest BCUT2D eigenvalue weighted by molar-refractivity contribution is 9.10. The van der Waals surface area contributed by atoms with Crippen molar-refractivity contribution in [1.82, 2.24) is 9.80 Å². The maximum Gasteiger partial charge on any atom is 0.410 e. The van der Waals surface area contributed by atoms with Crippen molar-refractivity contribution in [2.75, 3.05) is 13.1 Å². The Kier molecular flexibility index (Phi) is 5.18. The molecule has 0 spiro atoms. The van der Waals surface area contributed by atoms with Gasteiger partial charge in [0.05, 0.1) is 23.7 Å². The Morgan fingerprint density at radius 2 is 1.73 bits per heavy atom. The van der Waals surface area contributed by atoms with E-state index in [9.17, 15) is 14.4 Å². The summed E-state index contributed by atoms with van der Waals surface area (Å²) in [5, 5.41) is 0. The fraction of sp³-hybridized carbons (Fsp3) is 0.348. The summed E-state index contributed by atoms with van der Waals surface area (Å²) < 4.78 is 6.57. The summed E-state index contributed by atoms with van der Waals surface area (Å²) in [6, 6.07) is 12.2. The average Bonchev–Trinajstić information content (AvgIpc) is 2.91. The van der Waals surface area contributed by atoms with Crippen LogP contribution in [-0.2, 0) is 11.2 Å². The van der Waals surface area contributed by atoms with Gasteiger partial charge in [-0.25, -0.2) is 4.79 Å². The maximum absolute atomic E-state index is 13.0. The Morgan fingerprint density at radius 1 is 1.10 bits per heavy atom. The smallest absolute Gasteiger partial charge is 0.410 e. The van der Waals surface area contributed by atoms with Crippen LogP contribution in [0, 0.1) is 0 Å². The van der Waals surface area contributed by atoms with Crippen LogP contribution >= 0.6 is 15.9 Å². The van der Waals surface area contributed by atoms with Crippen molar-refractivity contribution in [3.8, 4) is 0 Å². The number of carbonyl (C=O) groups excluding carboxylic acids is 3. The number of amides is 3. The first kappa shape index (κ1) is 20.6. The molecule has 2 aliphatic heterocycles. The first-order chi connectivity index (χ1) is 14.2. The molecule has 0 bridgehead atoms. The molecular formula is C23H23BrN2O4. The molecule has 4 rings (SSSR count). The molecule has 2 aliphatic rings. The monoisotopic (exact) mass is 470 g/mol. The van der Waals surface area contributed by atoms with Gasteiger partial charge < -0.3 is 4.74 Å². The first-order valence-electron chi connectivity index (χ1n) is 9.89. The summed E-state index contributed by atoms with van der Waals surface area (Å²) in [6.07, 6.45) is 0.227. The Balaban J connectivity index is 1.69. The van der Waals surface area contributed by atoms with Gasteiger partial charge in [0.1, 0.15) is 5.60 Å². The van der Waals surface area contributed by atoms with Gasteiger partial charge in [0, 0.05) is 11.0 Å². The van der Waals surface area contributed by atoms with Crippen LogP contribution in [0.4, 0.5) is 4.79 Å². The van der Waals surface area contributed by atoms with Gasteiger partial charge in [0.15, 0.2) is 0 Å². The van der Waals surface area contributed by atoms with Crippen molar-refractivity contribution in [2.24, 2.45) is 0 Å². The zero-order chi connectivity index (χ0) is 21.6. The second-order valence-electron chi connectivity index (χ2n) is 8.55. The Labute approximate surface area is 183 Å². The molecule has 6 nitrogen and oxygen atoms in total. The van der Waals surface area contributed by atoms with E-state index in [-0.39, 0.29) is 18.4 Å². The van der Waals surface area contributed by atoms with Crippen LogP contribution in [0.25, 0.3) is 0 Å². The molecule has 1 unspecified atom stereocenters. The zero-order valence-corrected chi connectivity index (χ0v) is 18.7. The minimum Gasteiger partial charge on any atom is -0.444 e. The number of imide groups is 1. The van der Waals surface area contributed by atoms with E-state index in [0.29, 0.717) is 24.1 Å². The largest absolute Gasteiger partial charge is 0.444 e. The number of nitrogens with zero attached hydrogens (tertiary/aromatic N) is 2. The van der Waals surface area contributed by atoms with E-state index in [1.165, 1.54) is 4.90 Å². The third-order valence-electron chi connectivity index (χ3n) is 5.32. The predicted molar refractivity (Wildman–Crippen MR) is 115 cm³/mol. The van der Waals surface area contributed by atoms with Crippen LogP contribution in [0.2, 0.25) is 0 Å². The molecule has 2 aromatic carbocycles. The SMILES string of the molecule is CC(C)(C)OC(=O)N1CCc2cc(Br)ccc2C1CN1C(=O)c2ccccc2C1=O. The molecule has 2 heterocycles. The number of hydrogen-bond acceptors (Lipinski definition) is 4. The lowest BCUT2D eigenvalue weighted by atomic mass is 9.92. The van der Waals surface area contributed by atoms with Gasteiger partial charge in [-0.15, -0.1) is 0 Å². The minimum atomic E-state index is -0.642. The summed E-state index contributed by atoms with van der Waals surface area (Å²) in [6.45, 7) is 5.99. The summed E-state index contributed by atoms with van der Waals surface area (Å²) in [5.74, 6) is -0.659. The van der Waals surface area contributed by atoms with Crippen LogP contribution in [0.5, 0.6) is 0 Å². The highest BCUT2D eigenvalue weighted by atomic mass is 79.9. The molecular weight excluding hydrogens is 448 g/mol. The van der Waals surface area contributed by atoms with Crippen LogP contribution in [-0.4, -0.2) is 46.4 Å². The molecule has 1 atom stereocenters. The molecule has 0 saturated heterocycles. The van der Waals surface area contributed by atoms with Gasteiger partial charge in [-0.2, -0.15) is 0 Å². The van der Waals surface area contributed by atoms with Gasteiger partial charge in [0.25, 0.3) is 11.8 Å². The third-order valence-corrected chi connectivity index (χ3v) is 5.82. The number of hydrogen-bond donors (Lipinski definition) is 0.